The topological polar surface area (TPSA) is 77.5 Å². The first-order valence-corrected chi connectivity index (χ1v) is 8.46. The van der Waals surface area contributed by atoms with Gasteiger partial charge in [0, 0.05) is 19.2 Å². The van der Waals surface area contributed by atoms with Gasteiger partial charge in [0.1, 0.15) is 16.4 Å². The third-order valence-electron chi connectivity index (χ3n) is 3.20. The molecule has 0 saturated carbocycles. The van der Waals surface area contributed by atoms with E-state index in [1.807, 2.05) is 6.07 Å². The van der Waals surface area contributed by atoms with Gasteiger partial charge in [-0.2, -0.15) is 0 Å². The van der Waals surface area contributed by atoms with Crippen LogP contribution in [0.25, 0.3) is 0 Å². The van der Waals surface area contributed by atoms with E-state index in [0.29, 0.717) is 31.9 Å². The highest BCUT2D eigenvalue weighted by Gasteiger charge is 2.23. The van der Waals surface area contributed by atoms with Gasteiger partial charge in [-0.05, 0) is 18.9 Å². The standard InChI is InChI=1S/C13H20N2O4S/c1-18-6-7-19-13-3-2-12(10-14-13)15-11-4-8-20(16,17)9-5-11/h2-3,10-11,15H,4-9H2,1H3. The van der Waals surface area contributed by atoms with Crippen molar-refractivity contribution in [2.75, 3.05) is 37.1 Å². The van der Waals surface area contributed by atoms with Crippen LogP contribution in [0, 0.1) is 0 Å². The summed E-state index contributed by atoms with van der Waals surface area (Å²) in [6, 6.07) is 3.87. The largest absolute Gasteiger partial charge is 0.475 e. The van der Waals surface area contributed by atoms with E-state index >= 15 is 0 Å². The number of hydrogen-bond acceptors (Lipinski definition) is 6. The molecule has 1 aromatic rings. The zero-order chi connectivity index (χ0) is 14.4. The minimum Gasteiger partial charge on any atom is -0.475 e. The predicted octanol–water partition coefficient (Wildman–Crippen LogP) is 1.10. The Kier molecular flexibility index (Phi) is 5.19. The van der Waals surface area contributed by atoms with Gasteiger partial charge in [-0.25, -0.2) is 13.4 Å². The quantitative estimate of drug-likeness (QED) is 0.793. The van der Waals surface area contributed by atoms with Crippen molar-refractivity contribution in [1.82, 2.24) is 4.98 Å². The van der Waals surface area contributed by atoms with E-state index in [1.165, 1.54) is 0 Å². The number of aromatic nitrogens is 1. The van der Waals surface area contributed by atoms with Crippen LogP contribution >= 0.6 is 0 Å². The average molecular weight is 300 g/mol. The van der Waals surface area contributed by atoms with Crippen LogP contribution in [-0.4, -0.2) is 51.3 Å². The van der Waals surface area contributed by atoms with Crippen LogP contribution in [0.15, 0.2) is 18.3 Å². The molecule has 0 unspecified atom stereocenters. The predicted molar refractivity (Wildman–Crippen MR) is 76.9 cm³/mol. The molecular formula is C13H20N2O4S. The number of ether oxygens (including phenoxy) is 2. The highest BCUT2D eigenvalue weighted by Crippen LogP contribution is 2.18. The number of sulfone groups is 1. The van der Waals surface area contributed by atoms with E-state index in [1.54, 1.807) is 19.4 Å². The van der Waals surface area contributed by atoms with Crippen molar-refractivity contribution in [3.8, 4) is 5.88 Å². The molecule has 0 atom stereocenters. The average Bonchev–Trinajstić information content (AvgIpc) is 2.43. The van der Waals surface area contributed by atoms with Gasteiger partial charge in [0.2, 0.25) is 5.88 Å². The Bertz CT molecular complexity index is 502. The lowest BCUT2D eigenvalue weighted by Gasteiger charge is -2.23. The molecule has 0 radical (unpaired) electrons. The summed E-state index contributed by atoms with van der Waals surface area (Å²) in [6.45, 7) is 0.995. The zero-order valence-corrected chi connectivity index (χ0v) is 12.4. The summed E-state index contributed by atoms with van der Waals surface area (Å²) in [5, 5.41) is 3.31. The molecule has 7 heteroatoms. The lowest BCUT2D eigenvalue weighted by molar-refractivity contribution is 0.144. The van der Waals surface area contributed by atoms with Gasteiger partial charge in [-0.15, -0.1) is 0 Å². The molecule has 1 N–H and O–H groups in total. The van der Waals surface area contributed by atoms with Crippen LogP contribution in [0.2, 0.25) is 0 Å². The Labute approximate surface area is 119 Å². The van der Waals surface area contributed by atoms with Gasteiger partial charge in [0.25, 0.3) is 0 Å². The summed E-state index contributed by atoms with van der Waals surface area (Å²) in [7, 11) is -1.20. The van der Waals surface area contributed by atoms with Crippen LogP contribution in [0.1, 0.15) is 12.8 Å². The molecule has 1 aromatic heterocycles. The monoisotopic (exact) mass is 300 g/mol. The molecule has 1 aliphatic heterocycles. The molecule has 112 valence electrons. The SMILES string of the molecule is COCCOc1ccc(NC2CCS(=O)(=O)CC2)cn1. The normalized spacial score (nSPS) is 18.6. The lowest BCUT2D eigenvalue weighted by Crippen LogP contribution is -2.32. The van der Waals surface area contributed by atoms with Gasteiger partial charge in [0.15, 0.2) is 0 Å². The van der Waals surface area contributed by atoms with Gasteiger partial charge in [-0.3, -0.25) is 0 Å². The number of hydrogen-bond donors (Lipinski definition) is 1. The summed E-state index contributed by atoms with van der Waals surface area (Å²) in [5.41, 5.74) is 0.883. The smallest absolute Gasteiger partial charge is 0.213 e. The van der Waals surface area contributed by atoms with E-state index in [9.17, 15) is 8.42 Å². The summed E-state index contributed by atoms with van der Waals surface area (Å²) >= 11 is 0. The highest BCUT2D eigenvalue weighted by atomic mass is 32.2. The molecule has 0 spiro atoms. The Hall–Kier alpha value is -1.34. The van der Waals surface area contributed by atoms with E-state index in [2.05, 4.69) is 10.3 Å². The fourth-order valence-corrected chi connectivity index (χ4v) is 3.54. The van der Waals surface area contributed by atoms with Crippen molar-refractivity contribution in [3.05, 3.63) is 18.3 Å². The van der Waals surface area contributed by atoms with Gasteiger partial charge >= 0.3 is 0 Å². The molecule has 1 aliphatic rings. The molecular weight excluding hydrogens is 280 g/mol. The Morgan fingerprint density at radius 2 is 2.05 bits per heavy atom. The van der Waals surface area contributed by atoms with Gasteiger partial charge in [0.05, 0.1) is 30.0 Å². The van der Waals surface area contributed by atoms with Crippen molar-refractivity contribution < 1.29 is 17.9 Å². The van der Waals surface area contributed by atoms with E-state index < -0.39 is 9.84 Å². The Morgan fingerprint density at radius 1 is 1.30 bits per heavy atom. The van der Waals surface area contributed by atoms with Crippen LogP contribution in [0.4, 0.5) is 5.69 Å². The molecule has 2 rings (SSSR count). The van der Waals surface area contributed by atoms with Crippen LogP contribution in [0.5, 0.6) is 5.88 Å². The Balaban J connectivity index is 1.82. The molecule has 6 nitrogen and oxygen atoms in total. The van der Waals surface area contributed by atoms with E-state index in [4.69, 9.17) is 9.47 Å². The third-order valence-corrected chi connectivity index (χ3v) is 4.91. The third kappa shape index (κ3) is 4.64. The van der Waals surface area contributed by atoms with Crippen molar-refractivity contribution in [2.24, 2.45) is 0 Å². The summed E-state index contributed by atoms with van der Waals surface area (Å²) < 4.78 is 33.0. The van der Waals surface area contributed by atoms with Crippen LogP contribution in [0.3, 0.4) is 0 Å². The second kappa shape index (κ2) is 6.90. The fraction of sp³-hybridized carbons (Fsp3) is 0.615. The number of anilines is 1. The van der Waals surface area contributed by atoms with Crippen LogP contribution < -0.4 is 10.1 Å². The number of nitrogens with zero attached hydrogens (tertiary/aromatic N) is 1. The molecule has 0 aliphatic carbocycles. The molecule has 0 bridgehead atoms. The van der Waals surface area contributed by atoms with E-state index in [0.717, 1.165) is 5.69 Å². The van der Waals surface area contributed by atoms with Gasteiger partial charge in [-0.1, -0.05) is 0 Å². The zero-order valence-electron chi connectivity index (χ0n) is 11.5. The number of rotatable bonds is 6. The summed E-state index contributed by atoms with van der Waals surface area (Å²) in [6.07, 6.45) is 2.99. The van der Waals surface area contributed by atoms with E-state index in [-0.39, 0.29) is 17.5 Å². The highest BCUT2D eigenvalue weighted by molar-refractivity contribution is 7.91. The maximum absolute atomic E-state index is 11.4. The second-order valence-electron chi connectivity index (χ2n) is 4.80. The molecule has 0 aromatic carbocycles. The van der Waals surface area contributed by atoms with Gasteiger partial charge < -0.3 is 14.8 Å². The molecule has 1 saturated heterocycles. The summed E-state index contributed by atoms with van der Waals surface area (Å²) in [5.74, 6) is 1.07. The lowest BCUT2D eigenvalue weighted by atomic mass is 10.1. The van der Waals surface area contributed by atoms with Crippen molar-refractivity contribution >= 4 is 15.5 Å². The minimum atomic E-state index is -2.81. The molecule has 0 amide bonds. The number of nitrogens with one attached hydrogen (secondary N) is 1. The van der Waals surface area contributed by atoms with Crippen molar-refractivity contribution in [1.29, 1.82) is 0 Å². The molecule has 2 heterocycles. The number of pyridine rings is 1. The Morgan fingerprint density at radius 3 is 2.65 bits per heavy atom. The van der Waals surface area contributed by atoms with Crippen molar-refractivity contribution in [2.45, 2.75) is 18.9 Å². The second-order valence-corrected chi connectivity index (χ2v) is 7.10. The molecule has 1 fully saturated rings. The minimum absolute atomic E-state index is 0.195. The first-order chi connectivity index (χ1) is 9.59. The first kappa shape index (κ1) is 15.1. The van der Waals surface area contributed by atoms with Crippen molar-refractivity contribution in [3.63, 3.8) is 0 Å². The first-order valence-electron chi connectivity index (χ1n) is 6.64. The summed E-state index contributed by atoms with van der Waals surface area (Å²) in [4.78, 5) is 4.19. The molecule has 20 heavy (non-hydrogen) atoms. The maximum Gasteiger partial charge on any atom is 0.213 e. The number of methoxy groups -OCH3 is 1. The fourth-order valence-electron chi connectivity index (χ4n) is 2.05. The van der Waals surface area contributed by atoms with Crippen LogP contribution in [-0.2, 0) is 14.6 Å². The maximum atomic E-state index is 11.4.